The predicted molar refractivity (Wildman–Crippen MR) is 58.6 cm³/mol. The maximum absolute atomic E-state index is 12.8. The van der Waals surface area contributed by atoms with Crippen LogP contribution in [0.4, 0.5) is 4.39 Å². The second-order valence-electron chi connectivity index (χ2n) is 3.53. The largest absolute Gasteiger partial charge is 0.346 e. The van der Waals surface area contributed by atoms with Gasteiger partial charge in [-0.2, -0.15) is 9.49 Å². The quantitative estimate of drug-likeness (QED) is 0.802. The fraction of sp³-hybridized carbons (Fsp3) is 0.182. The molecular weight excluding hydrogens is 223 g/mol. The smallest absolute Gasteiger partial charge is 0.251 e. The highest BCUT2D eigenvalue weighted by Gasteiger charge is 2.07. The maximum atomic E-state index is 12.8. The van der Waals surface area contributed by atoms with E-state index < -0.39 is 5.95 Å². The third-order valence-electron chi connectivity index (χ3n) is 2.19. The first-order valence-corrected chi connectivity index (χ1v) is 5.03. The van der Waals surface area contributed by atoms with E-state index in [2.05, 4.69) is 15.4 Å². The summed E-state index contributed by atoms with van der Waals surface area (Å²) in [4.78, 5) is 15.0. The lowest BCUT2D eigenvalue weighted by molar-refractivity contribution is 0.0949. The second kappa shape index (κ2) is 4.73. The van der Waals surface area contributed by atoms with Gasteiger partial charge in [-0.3, -0.25) is 9.48 Å². The van der Waals surface area contributed by atoms with Gasteiger partial charge >= 0.3 is 0 Å². The summed E-state index contributed by atoms with van der Waals surface area (Å²) in [5.74, 6) is -1.02. The number of halogens is 1. The first-order chi connectivity index (χ1) is 8.15. The average Bonchev–Trinajstić information content (AvgIpc) is 2.72. The van der Waals surface area contributed by atoms with E-state index in [1.54, 1.807) is 24.0 Å². The van der Waals surface area contributed by atoms with Crippen LogP contribution in [0.3, 0.4) is 0 Å². The number of aryl methyl sites for hydroxylation is 1. The van der Waals surface area contributed by atoms with Crippen LogP contribution >= 0.6 is 0 Å². The molecule has 88 valence electrons. The Hall–Kier alpha value is -2.24. The van der Waals surface area contributed by atoms with E-state index in [0.29, 0.717) is 6.54 Å². The Balaban J connectivity index is 1.98. The molecular formula is C11H11FN4O. The van der Waals surface area contributed by atoms with Crippen molar-refractivity contribution in [1.29, 1.82) is 0 Å². The maximum Gasteiger partial charge on any atom is 0.251 e. The van der Waals surface area contributed by atoms with Gasteiger partial charge in [0.25, 0.3) is 5.91 Å². The molecule has 0 spiro atoms. The Morgan fingerprint density at radius 1 is 1.53 bits per heavy atom. The van der Waals surface area contributed by atoms with Crippen molar-refractivity contribution < 1.29 is 9.18 Å². The van der Waals surface area contributed by atoms with Crippen molar-refractivity contribution in [2.24, 2.45) is 7.05 Å². The molecule has 2 aromatic heterocycles. The van der Waals surface area contributed by atoms with Gasteiger partial charge in [0.05, 0.1) is 12.2 Å². The third-order valence-corrected chi connectivity index (χ3v) is 2.19. The van der Waals surface area contributed by atoms with Crippen molar-refractivity contribution in [3.8, 4) is 0 Å². The SMILES string of the molecule is Cn1ccc(CNC(=O)c2ccnc(F)c2)n1. The molecule has 1 amide bonds. The fourth-order valence-electron chi connectivity index (χ4n) is 1.37. The van der Waals surface area contributed by atoms with E-state index in [9.17, 15) is 9.18 Å². The van der Waals surface area contributed by atoms with Crippen molar-refractivity contribution in [3.63, 3.8) is 0 Å². The summed E-state index contributed by atoms with van der Waals surface area (Å²) in [5, 5.41) is 6.76. The number of carbonyl (C=O) groups is 1. The number of nitrogens with zero attached hydrogens (tertiary/aromatic N) is 3. The number of hydrogen-bond donors (Lipinski definition) is 1. The Morgan fingerprint density at radius 2 is 2.35 bits per heavy atom. The van der Waals surface area contributed by atoms with Gasteiger partial charge in [0, 0.05) is 31.1 Å². The minimum absolute atomic E-state index is 0.244. The van der Waals surface area contributed by atoms with Gasteiger partial charge in [-0.15, -0.1) is 0 Å². The van der Waals surface area contributed by atoms with Crippen LogP contribution in [0.15, 0.2) is 30.6 Å². The van der Waals surface area contributed by atoms with Crippen LogP contribution in [0.25, 0.3) is 0 Å². The zero-order valence-corrected chi connectivity index (χ0v) is 9.22. The molecule has 6 heteroatoms. The molecule has 2 rings (SSSR count). The number of aromatic nitrogens is 3. The molecule has 0 unspecified atom stereocenters. The Labute approximate surface area is 97.3 Å². The van der Waals surface area contributed by atoms with Crippen LogP contribution in [-0.2, 0) is 13.6 Å². The van der Waals surface area contributed by atoms with E-state index in [1.807, 2.05) is 0 Å². The standard InChI is InChI=1S/C11H11FN4O/c1-16-5-3-9(15-16)7-14-11(17)8-2-4-13-10(12)6-8/h2-6H,7H2,1H3,(H,14,17). The molecule has 0 radical (unpaired) electrons. The van der Waals surface area contributed by atoms with Crippen LogP contribution in [0.5, 0.6) is 0 Å². The van der Waals surface area contributed by atoms with Crippen molar-refractivity contribution in [2.45, 2.75) is 6.54 Å². The summed E-state index contributed by atoms with van der Waals surface area (Å²) in [7, 11) is 1.80. The zero-order valence-electron chi connectivity index (χ0n) is 9.22. The minimum Gasteiger partial charge on any atom is -0.346 e. The van der Waals surface area contributed by atoms with Gasteiger partial charge in [0.1, 0.15) is 0 Å². The molecule has 0 bridgehead atoms. The van der Waals surface area contributed by atoms with Crippen LogP contribution in [-0.4, -0.2) is 20.7 Å². The van der Waals surface area contributed by atoms with Gasteiger partial charge in [-0.05, 0) is 12.1 Å². The molecule has 2 heterocycles. The Morgan fingerprint density at radius 3 is 3.00 bits per heavy atom. The number of pyridine rings is 1. The third kappa shape index (κ3) is 2.87. The van der Waals surface area contributed by atoms with Gasteiger partial charge in [-0.25, -0.2) is 4.98 Å². The molecule has 5 nitrogen and oxygen atoms in total. The number of nitrogens with one attached hydrogen (secondary N) is 1. The molecule has 0 aromatic carbocycles. The first-order valence-electron chi connectivity index (χ1n) is 5.03. The topological polar surface area (TPSA) is 59.8 Å². The van der Waals surface area contributed by atoms with E-state index in [-0.39, 0.29) is 11.5 Å². The van der Waals surface area contributed by atoms with Crippen LogP contribution in [0.2, 0.25) is 0 Å². The lowest BCUT2D eigenvalue weighted by atomic mass is 10.2. The molecule has 0 aliphatic rings. The van der Waals surface area contributed by atoms with Gasteiger partial charge in [-0.1, -0.05) is 0 Å². The summed E-state index contributed by atoms with van der Waals surface area (Å²) in [6.45, 7) is 0.309. The Kier molecular flexibility index (Phi) is 3.13. The summed E-state index contributed by atoms with van der Waals surface area (Å²) in [6.07, 6.45) is 3.04. The number of carbonyl (C=O) groups excluding carboxylic acids is 1. The van der Waals surface area contributed by atoms with Crippen molar-refractivity contribution in [3.05, 3.63) is 47.8 Å². The van der Waals surface area contributed by atoms with E-state index >= 15 is 0 Å². The lowest BCUT2D eigenvalue weighted by Crippen LogP contribution is -2.23. The molecule has 17 heavy (non-hydrogen) atoms. The van der Waals surface area contributed by atoms with Gasteiger partial charge in [0.15, 0.2) is 0 Å². The minimum atomic E-state index is -0.671. The summed E-state index contributed by atoms with van der Waals surface area (Å²) < 4.78 is 14.4. The van der Waals surface area contributed by atoms with E-state index in [1.165, 1.54) is 12.3 Å². The highest BCUT2D eigenvalue weighted by molar-refractivity contribution is 5.93. The van der Waals surface area contributed by atoms with Crippen molar-refractivity contribution in [2.75, 3.05) is 0 Å². The average molecular weight is 234 g/mol. The number of rotatable bonds is 3. The molecule has 0 aliphatic heterocycles. The lowest BCUT2D eigenvalue weighted by Gasteiger charge is -2.02. The predicted octanol–water partition coefficient (Wildman–Crippen LogP) is 0.884. The summed E-state index contributed by atoms with van der Waals surface area (Å²) in [5.41, 5.74) is 0.990. The number of hydrogen-bond acceptors (Lipinski definition) is 3. The molecule has 0 fully saturated rings. The normalized spacial score (nSPS) is 10.2. The monoisotopic (exact) mass is 234 g/mol. The van der Waals surface area contributed by atoms with Crippen LogP contribution in [0.1, 0.15) is 16.1 Å². The summed E-state index contributed by atoms with van der Waals surface area (Å²) in [6, 6.07) is 4.35. The van der Waals surface area contributed by atoms with E-state index in [4.69, 9.17) is 0 Å². The molecule has 0 atom stereocenters. The molecule has 0 saturated carbocycles. The number of amides is 1. The summed E-state index contributed by atoms with van der Waals surface area (Å²) >= 11 is 0. The first kappa shape index (κ1) is 11.3. The van der Waals surface area contributed by atoms with Crippen molar-refractivity contribution in [1.82, 2.24) is 20.1 Å². The van der Waals surface area contributed by atoms with Crippen LogP contribution in [0, 0.1) is 5.95 Å². The van der Waals surface area contributed by atoms with Crippen molar-refractivity contribution >= 4 is 5.91 Å². The van der Waals surface area contributed by atoms with E-state index in [0.717, 1.165) is 11.8 Å². The molecule has 2 aromatic rings. The van der Waals surface area contributed by atoms with Gasteiger partial charge in [0.2, 0.25) is 5.95 Å². The Bertz CT molecular complexity index is 538. The molecule has 0 aliphatic carbocycles. The van der Waals surface area contributed by atoms with Gasteiger partial charge < -0.3 is 5.32 Å². The second-order valence-corrected chi connectivity index (χ2v) is 3.53. The highest BCUT2D eigenvalue weighted by atomic mass is 19.1. The zero-order chi connectivity index (χ0) is 12.3. The molecule has 1 N–H and O–H groups in total. The van der Waals surface area contributed by atoms with Crippen LogP contribution < -0.4 is 5.32 Å². The fourth-order valence-corrected chi connectivity index (χ4v) is 1.37. The molecule has 0 saturated heterocycles. The highest BCUT2D eigenvalue weighted by Crippen LogP contribution is 2.01.